The first-order valence-corrected chi connectivity index (χ1v) is 13.2. The van der Waals surface area contributed by atoms with Gasteiger partial charge in [0.05, 0.1) is 18.5 Å². The Labute approximate surface area is 209 Å². The maximum atomic E-state index is 5.58. The zero-order chi connectivity index (χ0) is 24.5. The summed E-state index contributed by atoms with van der Waals surface area (Å²) in [6.07, 6.45) is 7.02. The van der Waals surface area contributed by atoms with E-state index < -0.39 is 0 Å². The van der Waals surface area contributed by atoms with E-state index >= 15 is 0 Å². The standard InChI is InChI=1S/C25H34N8OS/c1-6-9-26-18-7-10-32(11-8-18)25-16(4)29-24(35-25)22-20(15(2)3)21(30-31-22)17-12-19(34-5)23-27-14-28-33(23)13-17/h12-15,18,26H,6-11H2,1-5H3,(H,30,31). The van der Waals surface area contributed by atoms with Gasteiger partial charge in [-0.05, 0) is 44.7 Å². The van der Waals surface area contributed by atoms with E-state index in [1.165, 1.54) is 30.6 Å². The molecule has 0 bridgehead atoms. The molecule has 1 saturated heterocycles. The molecule has 1 aliphatic heterocycles. The number of fused-ring (bicyclic) bond motifs is 1. The molecular weight excluding hydrogens is 460 g/mol. The van der Waals surface area contributed by atoms with Crippen molar-refractivity contribution in [1.82, 2.24) is 35.1 Å². The lowest BCUT2D eigenvalue weighted by molar-refractivity contribution is 0.416. The Hall–Kier alpha value is -2.98. The minimum atomic E-state index is 0.254. The summed E-state index contributed by atoms with van der Waals surface area (Å²) in [7, 11) is 1.65. The monoisotopic (exact) mass is 494 g/mol. The third-order valence-electron chi connectivity index (χ3n) is 6.67. The van der Waals surface area contributed by atoms with Crippen molar-refractivity contribution in [2.24, 2.45) is 0 Å². The number of nitrogens with one attached hydrogen (secondary N) is 2. The number of pyridine rings is 1. The lowest BCUT2D eigenvalue weighted by Crippen LogP contribution is -2.42. The van der Waals surface area contributed by atoms with Crippen LogP contribution in [0.25, 0.3) is 27.6 Å². The van der Waals surface area contributed by atoms with Crippen LogP contribution in [-0.4, -0.2) is 62.6 Å². The van der Waals surface area contributed by atoms with Crippen molar-refractivity contribution < 1.29 is 4.74 Å². The predicted octanol–water partition coefficient (Wildman–Crippen LogP) is 4.65. The van der Waals surface area contributed by atoms with Gasteiger partial charge in [0.1, 0.15) is 22.0 Å². The van der Waals surface area contributed by atoms with Crippen LogP contribution in [0.15, 0.2) is 18.6 Å². The molecule has 0 saturated carbocycles. The third kappa shape index (κ3) is 4.52. The molecule has 0 aliphatic carbocycles. The second-order valence-corrected chi connectivity index (χ2v) is 10.4. The van der Waals surface area contributed by atoms with Crippen LogP contribution in [0.5, 0.6) is 5.75 Å². The van der Waals surface area contributed by atoms with Crippen LogP contribution in [-0.2, 0) is 0 Å². The molecule has 0 radical (unpaired) electrons. The van der Waals surface area contributed by atoms with E-state index in [2.05, 4.69) is 53.1 Å². The highest BCUT2D eigenvalue weighted by atomic mass is 32.1. The molecule has 0 atom stereocenters. The van der Waals surface area contributed by atoms with Crippen LogP contribution in [0.1, 0.15) is 57.2 Å². The molecule has 35 heavy (non-hydrogen) atoms. The van der Waals surface area contributed by atoms with Gasteiger partial charge in [0.2, 0.25) is 0 Å². The van der Waals surface area contributed by atoms with Crippen molar-refractivity contribution in [2.45, 2.75) is 58.9 Å². The van der Waals surface area contributed by atoms with Gasteiger partial charge in [0.15, 0.2) is 11.4 Å². The highest BCUT2D eigenvalue weighted by molar-refractivity contribution is 7.19. The van der Waals surface area contributed by atoms with Gasteiger partial charge in [-0.25, -0.2) is 14.5 Å². The van der Waals surface area contributed by atoms with Gasteiger partial charge in [-0.15, -0.1) is 0 Å². The molecule has 5 heterocycles. The molecular formula is C25H34N8OS. The Bertz CT molecular complexity index is 1300. The maximum absolute atomic E-state index is 5.58. The van der Waals surface area contributed by atoms with Crippen molar-refractivity contribution in [3.63, 3.8) is 0 Å². The lowest BCUT2D eigenvalue weighted by atomic mass is 9.97. The van der Waals surface area contributed by atoms with Crippen molar-refractivity contribution in [3.8, 4) is 27.7 Å². The summed E-state index contributed by atoms with van der Waals surface area (Å²) >= 11 is 1.75. The van der Waals surface area contributed by atoms with E-state index in [1.54, 1.807) is 23.0 Å². The molecule has 4 aromatic heterocycles. The zero-order valence-corrected chi connectivity index (χ0v) is 21.9. The van der Waals surface area contributed by atoms with E-state index in [9.17, 15) is 0 Å². The normalized spacial score (nSPS) is 15.0. The number of anilines is 1. The first-order valence-electron chi connectivity index (χ1n) is 12.4. The highest BCUT2D eigenvalue weighted by Crippen LogP contribution is 2.41. The minimum absolute atomic E-state index is 0.254. The Morgan fingerprint density at radius 3 is 2.80 bits per heavy atom. The van der Waals surface area contributed by atoms with Crippen LogP contribution >= 0.6 is 11.3 Å². The molecule has 0 aromatic carbocycles. The van der Waals surface area contributed by atoms with Gasteiger partial charge in [0.25, 0.3) is 0 Å². The van der Waals surface area contributed by atoms with Gasteiger partial charge in [-0.1, -0.05) is 32.1 Å². The average molecular weight is 495 g/mol. The van der Waals surface area contributed by atoms with E-state index in [1.807, 2.05) is 12.3 Å². The first kappa shape index (κ1) is 23.7. The van der Waals surface area contributed by atoms with Gasteiger partial charge < -0.3 is 15.0 Å². The van der Waals surface area contributed by atoms with Gasteiger partial charge in [0, 0.05) is 36.5 Å². The second-order valence-electron chi connectivity index (χ2n) is 9.47. The molecule has 5 rings (SSSR count). The Balaban J connectivity index is 1.46. The predicted molar refractivity (Wildman–Crippen MR) is 141 cm³/mol. The Kier molecular flexibility index (Phi) is 6.75. The molecule has 186 valence electrons. The average Bonchev–Trinajstić information content (AvgIpc) is 3.60. The third-order valence-corrected chi connectivity index (χ3v) is 7.90. The van der Waals surface area contributed by atoms with Crippen LogP contribution in [0.4, 0.5) is 5.00 Å². The number of aromatic amines is 1. The number of hydrogen-bond donors (Lipinski definition) is 2. The topological polar surface area (TPSA) is 96.3 Å². The van der Waals surface area contributed by atoms with Gasteiger partial charge >= 0.3 is 0 Å². The Morgan fingerprint density at radius 1 is 1.29 bits per heavy atom. The van der Waals surface area contributed by atoms with Crippen LogP contribution < -0.4 is 15.0 Å². The number of piperidine rings is 1. The molecule has 2 N–H and O–H groups in total. The molecule has 1 fully saturated rings. The fourth-order valence-electron chi connectivity index (χ4n) is 4.90. The number of H-pyrrole nitrogens is 1. The number of rotatable bonds is 8. The Morgan fingerprint density at radius 2 is 2.09 bits per heavy atom. The summed E-state index contributed by atoms with van der Waals surface area (Å²) in [6, 6.07) is 2.61. The number of thiazole rings is 1. The van der Waals surface area contributed by atoms with Crippen molar-refractivity contribution in [1.29, 1.82) is 0 Å². The number of aryl methyl sites for hydroxylation is 1. The van der Waals surface area contributed by atoms with E-state index in [4.69, 9.17) is 14.8 Å². The lowest BCUT2D eigenvalue weighted by Gasteiger charge is -2.33. The van der Waals surface area contributed by atoms with Crippen molar-refractivity contribution >= 4 is 22.0 Å². The fourth-order valence-corrected chi connectivity index (χ4v) is 6.02. The SMILES string of the molecule is CCCNC1CCN(c2sc(-c3n[nH]c(-c4cc(OC)c5ncnn5c4)c3C(C)C)nc2C)CC1. The first-order chi connectivity index (χ1) is 17.0. The van der Waals surface area contributed by atoms with Crippen LogP contribution in [0, 0.1) is 6.92 Å². The number of aromatic nitrogens is 6. The molecule has 0 amide bonds. The maximum Gasteiger partial charge on any atom is 0.197 e. The molecule has 9 nitrogen and oxygen atoms in total. The minimum Gasteiger partial charge on any atom is -0.493 e. The van der Waals surface area contributed by atoms with Crippen molar-refractivity contribution in [2.75, 3.05) is 31.6 Å². The fraction of sp³-hybridized carbons (Fsp3) is 0.520. The van der Waals surface area contributed by atoms with E-state index in [-0.39, 0.29) is 5.92 Å². The summed E-state index contributed by atoms with van der Waals surface area (Å²) in [5.41, 5.74) is 5.76. The summed E-state index contributed by atoms with van der Waals surface area (Å²) in [4.78, 5) is 11.8. The summed E-state index contributed by atoms with van der Waals surface area (Å²) in [5, 5.41) is 18.3. The molecule has 4 aromatic rings. The van der Waals surface area contributed by atoms with E-state index in [0.717, 1.165) is 52.9 Å². The number of hydrogen-bond acceptors (Lipinski definition) is 8. The zero-order valence-electron chi connectivity index (χ0n) is 21.1. The highest BCUT2D eigenvalue weighted by Gasteiger charge is 2.26. The van der Waals surface area contributed by atoms with Gasteiger partial charge in [-0.2, -0.15) is 10.2 Å². The quantitative estimate of drug-likeness (QED) is 0.368. The van der Waals surface area contributed by atoms with Crippen LogP contribution in [0.2, 0.25) is 0 Å². The largest absolute Gasteiger partial charge is 0.493 e. The van der Waals surface area contributed by atoms with Crippen molar-refractivity contribution in [3.05, 3.63) is 29.8 Å². The molecule has 0 unspecified atom stereocenters. The number of ether oxygens (including phenoxy) is 1. The van der Waals surface area contributed by atoms with Gasteiger partial charge in [-0.3, -0.25) is 5.10 Å². The summed E-state index contributed by atoms with van der Waals surface area (Å²) in [5.74, 6) is 0.930. The molecule has 1 aliphatic rings. The molecule has 0 spiro atoms. The second kappa shape index (κ2) is 9.94. The summed E-state index contributed by atoms with van der Waals surface area (Å²) < 4.78 is 7.32. The smallest absolute Gasteiger partial charge is 0.197 e. The summed E-state index contributed by atoms with van der Waals surface area (Å²) in [6.45, 7) is 11.9. The number of nitrogens with zero attached hydrogens (tertiary/aromatic N) is 6. The molecule has 10 heteroatoms. The van der Waals surface area contributed by atoms with Crippen LogP contribution in [0.3, 0.4) is 0 Å². The number of methoxy groups -OCH3 is 1. The van der Waals surface area contributed by atoms with E-state index in [0.29, 0.717) is 17.4 Å².